The van der Waals surface area contributed by atoms with E-state index in [2.05, 4.69) is 29.8 Å². The minimum atomic E-state index is 0.264. The average molecular weight is 530 g/mol. The van der Waals surface area contributed by atoms with Crippen LogP contribution in [0.1, 0.15) is 24.4 Å². The van der Waals surface area contributed by atoms with Crippen LogP contribution in [0.25, 0.3) is 17.4 Å². The van der Waals surface area contributed by atoms with Crippen LogP contribution in [0, 0.1) is 5.92 Å². The highest BCUT2D eigenvalue weighted by molar-refractivity contribution is 5.53. The van der Waals surface area contributed by atoms with Crippen LogP contribution >= 0.6 is 0 Å². The number of rotatable bonds is 8. The van der Waals surface area contributed by atoms with Gasteiger partial charge in [-0.1, -0.05) is 0 Å². The number of piperazine rings is 1. The van der Waals surface area contributed by atoms with Crippen molar-refractivity contribution in [2.75, 3.05) is 43.4 Å². The molecule has 0 saturated carbocycles. The smallest absolute Gasteiger partial charge is 0.259 e. The molecule has 0 aromatic carbocycles. The Morgan fingerprint density at radius 2 is 1.64 bits per heavy atom. The standard InChI is InChI=1S/C27H31N9O3/c28-25-30-26(31-27-29-24(32-36(25)27)23-6-3-13-39-23)35-10-9-34-15-19(7-8-20(34)16-35)14-33(17-21-4-1-11-37-21)18-22-5-2-12-38-22/h1-6,11-13,19-20H,7-10,14-18H2,(H2,28,29,30,31,32). The van der Waals surface area contributed by atoms with Gasteiger partial charge in [0.15, 0.2) is 5.76 Å². The topological polar surface area (TPSA) is 131 Å². The van der Waals surface area contributed by atoms with Crippen LogP contribution in [0.4, 0.5) is 11.9 Å². The Hall–Kier alpha value is -4.16. The van der Waals surface area contributed by atoms with Crippen molar-refractivity contribution >= 4 is 17.7 Å². The minimum Gasteiger partial charge on any atom is -0.468 e. The molecule has 2 atom stereocenters. The molecular weight excluding hydrogens is 498 g/mol. The molecule has 12 nitrogen and oxygen atoms in total. The van der Waals surface area contributed by atoms with Crippen LogP contribution < -0.4 is 10.6 Å². The molecule has 2 fully saturated rings. The summed E-state index contributed by atoms with van der Waals surface area (Å²) in [6.07, 6.45) is 7.36. The van der Waals surface area contributed by atoms with E-state index in [1.54, 1.807) is 24.9 Å². The summed E-state index contributed by atoms with van der Waals surface area (Å²) in [6.45, 7) is 6.26. The van der Waals surface area contributed by atoms with Gasteiger partial charge in [0.2, 0.25) is 17.7 Å². The summed E-state index contributed by atoms with van der Waals surface area (Å²) in [5.74, 6) is 4.82. The molecule has 0 amide bonds. The van der Waals surface area contributed by atoms with Crippen molar-refractivity contribution in [3.8, 4) is 11.6 Å². The molecule has 0 radical (unpaired) electrons. The van der Waals surface area contributed by atoms with Gasteiger partial charge in [0, 0.05) is 38.8 Å². The summed E-state index contributed by atoms with van der Waals surface area (Å²) in [4.78, 5) is 21.0. The van der Waals surface area contributed by atoms with Crippen LogP contribution in [0.3, 0.4) is 0 Å². The quantitative estimate of drug-likeness (QED) is 0.318. The maximum atomic E-state index is 6.25. The lowest BCUT2D eigenvalue weighted by atomic mass is 9.90. The molecule has 202 valence electrons. The lowest BCUT2D eigenvalue weighted by Gasteiger charge is -2.46. The maximum Gasteiger partial charge on any atom is 0.259 e. The Bertz CT molecular complexity index is 1460. The first kappa shape index (κ1) is 23.9. The van der Waals surface area contributed by atoms with Crippen molar-refractivity contribution in [1.82, 2.24) is 34.4 Å². The molecule has 2 saturated heterocycles. The number of nitrogens with zero attached hydrogens (tertiary/aromatic N) is 8. The second kappa shape index (κ2) is 10.2. The van der Waals surface area contributed by atoms with E-state index in [1.807, 2.05) is 30.3 Å². The summed E-state index contributed by atoms with van der Waals surface area (Å²) < 4.78 is 18.2. The molecule has 2 aliphatic heterocycles. The molecule has 0 bridgehead atoms. The Balaban J connectivity index is 1.01. The summed E-state index contributed by atoms with van der Waals surface area (Å²) in [5.41, 5.74) is 6.25. The normalized spacial score (nSPS) is 20.2. The van der Waals surface area contributed by atoms with Crippen molar-refractivity contribution in [2.45, 2.75) is 32.0 Å². The number of hydrogen-bond acceptors (Lipinski definition) is 11. The summed E-state index contributed by atoms with van der Waals surface area (Å²) in [7, 11) is 0. The van der Waals surface area contributed by atoms with Crippen LogP contribution in [0.5, 0.6) is 0 Å². The van der Waals surface area contributed by atoms with Crippen molar-refractivity contribution in [3.63, 3.8) is 0 Å². The molecule has 39 heavy (non-hydrogen) atoms. The second-order valence-electron chi connectivity index (χ2n) is 10.4. The molecule has 5 aromatic rings. The third-order valence-corrected chi connectivity index (χ3v) is 7.69. The van der Waals surface area contributed by atoms with Gasteiger partial charge in [-0.3, -0.25) is 9.80 Å². The number of fused-ring (bicyclic) bond motifs is 2. The predicted octanol–water partition coefficient (Wildman–Crippen LogP) is 3.15. The molecular formula is C27H31N9O3. The van der Waals surface area contributed by atoms with Gasteiger partial charge in [0.05, 0.1) is 31.9 Å². The van der Waals surface area contributed by atoms with Gasteiger partial charge in [-0.15, -0.1) is 5.10 Å². The largest absolute Gasteiger partial charge is 0.468 e. The van der Waals surface area contributed by atoms with Crippen LogP contribution in [0.2, 0.25) is 0 Å². The third-order valence-electron chi connectivity index (χ3n) is 7.69. The van der Waals surface area contributed by atoms with Crippen molar-refractivity contribution < 1.29 is 13.3 Å². The van der Waals surface area contributed by atoms with E-state index in [0.717, 1.165) is 63.8 Å². The van der Waals surface area contributed by atoms with E-state index < -0.39 is 0 Å². The lowest BCUT2D eigenvalue weighted by molar-refractivity contribution is 0.0690. The van der Waals surface area contributed by atoms with Crippen LogP contribution in [-0.2, 0) is 13.1 Å². The average Bonchev–Trinajstić information content (AvgIpc) is 3.76. The summed E-state index contributed by atoms with van der Waals surface area (Å²) in [5, 5.41) is 4.40. The van der Waals surface area contributed by atoms with Gasteiger partial charge in [-0.25, -0.2) is 0 Å². The Morgan fingerprint density at radius 3 is 2.36 bits per heavy atom. The molecule has 2 unspecified atom stereocenters. The molecule has 7 heterocycles. The van der Waals surface area contributed by atoms with Crippen molar-refractivity contribution in [3.05, 3.63) is 66.7 Å². The summed E-state index contributed by atoms with van der Waals surface area (Å²) in [6, 6.07) is 12.0. The number of anilines is 2. The van der Waals surface area contributed by atoms with E-state index in [0.29, 0.717) is 35.3 Å². The fraction of sp³-hybridized carbons (Fsp3) is 0.407. The van der Waals surface area contributed by atoms with Gasteiger partial charge in [-0.05, 0) is 55.2 Å². The van der Waals surface area contributed by atoms with Crippen LogP contribution in [-0.4, -0.2) is 73.1 Å². The highest BCUT2D eigenvalue weighted by atomic mass is 16.3. The third kappa shape index (κ3) is 5.00. The monoisotopic (exact) mass is 529 g/mol. The first-order valence-corrected chi connectivity index (χ1v) is 13.4. The predicted molar refractivity (Wildman–Crippen MR) is 143 cm³/mol. The van der Waals surface area contributed by atoms with E-state index in [-0.39, 0.29) is 5.95 Å². The molecule has 5 aromatic heterocycles. The van der Waals surface area contributed by atoms with Gasteiger partial charge in [-0.2, -0.15) is 19.5 Å². The minimum absolute atomic E-state index is 0.264. The first-order valence-electron chi connectivity index (χ1n) is 13.4. The number of furan rings is 3. The molecule has 0 aliphatic carbocycles. The van der Waals surface area contributed by atoms with Gasteiger partial charge >= 0.3 is 0 Å². The molecule has 0 spiro atoms. The zero-order chi connectivity index (χ0) is 26.2. The van der Waals surface area contributed by atoms with Crippen molar-refractivity contribution in [2.24, 2.45) is 5.92 Å². The van der Waals surface area contributed by atoms with E-state index in [4.69, 9.17) is 24.0 Å². The Morgan fingerprint density at radius 1 is 0.872 bits per heavy atom. The summed E-state index contributed by atoms with van der Waals surface area (Å²) >= 11 is 0. The fourth-order valence-corrected chi connectivity index (χ4v) is 5.83. The number of piperidine rings is 1. The van der Waals surface area contributed by atoms with E-state index in [1.165, 1.54) is 10.9 Å². The molecule has 12 heteroatoms. The van der Waals surface area contributed by atoms with Gasteiger partial charge < -0.3 is 23.9 Å². The second-order valence-corrected chi connectivity index (χ2v) is 10.4. The zero-order valence-electron chi connectivity index (χ0n) is 21.6. The van der Waals surface area contributed by atoms with Crippen molar-refractivity contribution in [1.29, 1.82) is 0 Å². The Kier molecular flexibility index (Phi) is 6.25. The number of aromatic nitrogens is 5. The lowest BCUT2D eigenvalue weighted by Crippen LogP contribution is -2.57. The highest BCUT2D eigenvalue weighted by Gasteiger charge is 2.34. The van der Waals surface area contributed by atoms with Crippen LogP contribution in [0.15, 0.2) is 68.4 Å². The van der Waals surface area contributed by atoms with Gasteiger partial charge in [0.25, 0.3) is 5.78 Å². The van der Waals surface area contributed by atoms with E-state index >= 15 is 0 Å². The SMILES string of the molecule is Nc1nc(N2CCN3CC(CN(Cc4ccco4)Cc4ccco4)CCC3C2)nc2nc(-c3ccco3)nn12. The number of hydrogen-bond donors (Lipinski definition) is 1. The maximum absolute atomic E-state index is 6.25. The zero-order valence-corrected chi connectivity index (χ0v) is 21.6. The molecule has 7 rings (SSSR count). The van der Waals surface area contributed by atoms with E-state index in [9.17, 15) is 0 Å². The first-order chi connectivity index (χ1) is 19.2. The molecule has 2 N–H and O–H groups in total. The number of nitrogen functional groups attached to an aromatic ring is 1. The fourth-order valence-electron chi connectivity index (χ4n) is 5.83. The molecule has 2 aliphatic rings. The highest BCUT2D eigenvalue weighted by Crippen LogP contribution is 2.28. The van der Waals surface area contributed by atoms with Gasteiger partial charge in [0.1, 0.15) is 11.5 Å². The Labute approximate surface area is 225 Å². The number of nitrogens with two attached hydrogens (primary N) is 1.